The number of anilines is 2. The van der Waals surface area contributed by atoms with E-state index in [4.69, 9.17) is 16.3 Å². The monoisotopic (exact) mass is 323 g/mol. The molecule has 0 aliphatic heterocycles. The molecule has 0 aliphatic rings. The second-order valence-electron chi connectivity index (χ2n) is 4.19. The SMILES string of the molecule is CCOc1ccc2nc(Nc3ncc(Cl)cc3F)sc2c1. The van der Waals surface area contributed by atoms with E-state index in [-0.39, 0.29) is 10.8 Å². The van der Waals surface area contributed by atoms with Crippen LogP contribution in [0.5, 0.6) is 5.75 Å². The third-order valence-electron chi connectivity index (χ3n) is 2.70. The molecule has 0 atom stereocenters. The van der Waals surface area contributed by atoms with Crippen molar-refractivity contribution in [2.24, 2.45) is 0 Å². The molecule has 3 aromatic rings. The van der Waals surface area contributed by atoms with Crippen LogP contribution in [-0.4, -0.2) is 16.6 Å². The van der Waals surface area contributed by atoms with Gasteiger partial charge in [0.05, 0.1) is 21.8 Å². The summed E-state index contributed by atoms with van der Waals surface area (Å²) in [7, 11) is 0. The molecule has 0 radical (unpaired) electrons. The summed E-state index contributed by atoms with van der Waals surface area (Å²) in [5.41, 5.74) is 0.820. The maximum Gasteiger partial charge on any atom is 0.189 e. The van der Waals surface area contributed by atoms with Gasteiger partial charge in [-0.25, -0.2) is 14.4 Å². The number of benzene rings is 1. The zero-order valence-corrected chi connectivity index (χ0v) is 12.6. The zero-order chi connectivity index (χ0) is 14.8. The average molecular weight is 324 g/mol. The van der Waals surface area contributed by atoms with Gasteiger partial charge in [-0.15, -0.1) is 0 Å². The van der Waals surface area contributed by atoms with Crippen LogP contribution in [0.25, 0.3) is 10.2 Å². The predicted molar refractivity (Wildman–Crippen MR) is 83.3 cm³/mol. The molecule has 0 unspecified atom stereocenters. The van der Waals surface area contributed by atoms with Gasteiger partial charge in [0.2, 0.25) is 0 Å². The average Bonchev–Trinajstić information content (AvgIpc) is 2.84. The van der Waals surface area contributed by atoms with Crippen molar-refractivity contribution in [2.45, 2.75) is 6.92 Å². The first-order valence-corrected chi connectivity index (χ1v) is 7.46. The van der Waals surface area contributed by atoms with E-state index in [1.807, 2.05) is 25.1 Å². The zero-order valence-electron chi connectivity index (χ0n) is 11.1. The Labute approximate surface area is 129 Å². The molecule has 2 aromatic heterocycles. The summed E-state index contributed by atoms with van der Waals surface area (Å²) in [4.78, 5) is 8.30. The Bertz CT molecular complexity index is 793. The minimum atomic E-state index is -0.517. The van der Waals surface area contributed by atoms with Gasteiger partial charge in [-0.1, -0.05) is 22.9 Å². The van der Waals surface area contributed by atoms with Gasteiger partial charge in [-0.3, -0.25) is 0 Å². The molecule has 21 heavy (non-hydrogen) atoms. The standard InChI is InChI=1S/C14H11ClFN3OS/c1-2-20-9-3-4-11-12(6-9)21-14(18-11)19-13-10(16)5-8(15)7-17-13/h3-7H,2H2,1H3,(H,17,18,19). The molecule has 0 aliphatic carbocycles. The number of nitrogens with one attached hydrogen (secondary N) is 1. The number of halogens is 2. The number of pyridine rings is 1. The summed E-state index contributed by atoms with van der Waals surface area (Å²) in [5, 5.41) is 3.68. The molecule has 108 valence electrons. The molecule has 1 aromatic carbocycles. The van der Waals surface area contributed by atoms with E-state index in [1.54, 1.807) is 0 Å². The number of aromatic nitrogens is 2. The second-order valence-corrected chi connectivity index (χ2v) is 5.66. The Morgan fingerprint density at radius 1 is 1.38 bits per heavy atom. The fourth-order valence-electron chi connectivity index (χ4n) is 1.82. The fourth-order valence-corrected chi connectivity index (χ4v) is 2.86. The van der Waals surface area contributed by atoms with Gasteiger partial charge in [0.15, 0.2) is 16.8 Å². The first-order valence-electron chi connectivity index (χ1n) is 6.27. The largest absolute Gasteiger partial charge is 0.494 e. The number of fused-ring (bicyclic) bond motifs is 1. The van der Waals surface area contributed by atoms with E-state index in [9.17, 15) is 4.39 Å². The van der Waals surface area contributed by atoms with Crippen LogP contribution in [0.15, 0.2) is 30.5 Å². The van der Waals surface area contributed by atoms with Gasteiger partial charge < -0.3 is 10.1 Å². The van der Waals surface area contributed by atoms with Crippen molar-refractivity contribution in [1.29, 1.82) is 0 Å². The third kappa shape index (κ3) is 3.06. The van der Waals surface area contributed by atoms with Crippen LogP contribution in [0.2, 0.25) is 5.02 Å². The van der Waals surface area contributed by atoms with Crippen LogP contribution in [0.1, 0.15) is 6.92 Å². The van der Waals surface area contributed by atoms with E-state index in [0.717, 1.165) is 16.0 Å². The molecule has 0 saturated heterocycles. The first-order chi connectivity index (χ1) is 10.2. The summed E-state index contributed by atoms with van der Waals surface area (Å²) in [6.07, 6.45) is 1.38. The number of ether oxygens (including phenoxy) is 1. The molecular formula is C14H11ClFN3OS. The Balaban J connectivity index is 1.90. The van der Waals surface area contributed by atoms with Gasteiger partial charge in [-0.2, -0.15) is 0 Å². The van der Waals surface area contributed by atoms with Crippen LogP contribution < -0.4 is 10.1 Å². The van der Waals surface area contributed by atoms with Crippen molar-refractivity contribution in [2.75, 3.05) is 11.9 Å². The van der Waals surface area contributed by atoms with Crippen molar-refractivity contribution < 1.29 is 9.13 Å². The van der Waals surface area contributed by atoms with Crippen LogP contribution in [0, 0.1) is 5.82 Å². The van der Waals surface area contributed by atoms with E-state index in [2.05, 4.69) is 15.3 Å². The molecule has 3 rings (SSSR count). The highest BCUT2D eigenvalue weighted by molar-refractivity contribution is 7.22. The molecule has 2 heterocycles. The van der Waals surface area contributed by atoms with E-state index >= 15 is 0 Å². The topological polar surface area (TPSA) is 47.0 Å². The summed E-state index contributed by atoms with van der Waals surface area (Å²) in [6, 6.07) is 6.84. The second kappa shape index (κ2) is 5.83. The Kier molecular flexibility index (Phi) is 3.90. The number of hydrogen-bond donors (Lipinski definition) is 1. The molecule has 0 fully saturated rings. The minimum absolute atomic E-state index is 0.100. The fraction of sp³-hybridized carbons (Fsp3) is 0.143. The highest BCUT2D eigenvalue weighted by Crippen LogP contribution is 2.31. The normalized spacial score (nSPS) is 10.8. The van der Waals surface area contributed by atoms with Crippen molar-refractivity contribution in [3.63, 3.8) is 0 Å². The lowest BCUT2D eigenvalue weighted by atomic mass is 10.3. The maximum absolute atomic E-state index is 13.7. The van der Waals surface area contributed by atoms with Gasteiger partial charge >= 0.3 is 0 Å². The van der Waals surface area contributed by atoms with Gasteiger partial charge in [-0.05, 0) is 31.2 Å². The molecule has 0 saturated carbocycles. The quantitative estimate of drug-likeness (QED) is 0.760. The Morgan fingerprint density at radius 3 is 3.00 bits per heavy atom. The molecular weight excluding hydrogens is 313 g/mol. The van der Waals surface area contributed by atoms with Crippen molar-refractivity contribution >= 4 is 44.1 Å². The number of thiazole rings is 1. The number of hydrogen-bond acceptors (Lipinski definition) is 5. The van der Waals surface area contributed by atoms with E-state index in [1.165, 1.54) is 23.6 Å². The summed E-state index contributed by atoms with van der Waals surface area (Å²) in [5.74, 6) is 0.372. The van der Waals surface area contributed by atoms with Gasteiger partial charge in [0.1, 0.15) is 5.75 Å². The molecule has 7 heteroatoms. The smallest absolute Gasteiger partial charge is 0.189 e. The van der Waals surface area contributed by atoms with Crippen molar-refractivity contribution in [3.05, 3.63) is 41.3 Å². The Morgan fingerprint density at radius 2 is 2.24 bits per heavy atom. The van der Waals surface area contributed by atoms with Crippen LogP contribution in [0.3, 0.4) is 0 Å². The third-order valence-corrected chi connectivity index (χ3v) is 3.84. The van der Waals surface area contributed by atoms with Crippen molar-refractivity contribution in [3.8, 4) is 5.75 Å². The van der Waals surface area contributed by atoms with E-state index in [0.29, 0.717) is 11.7 Å². The molecule has 0 bridgehead atoms. The van der Waals surface area contributed by atoms with E-state index < -0.39 is 5.82 Å². The molecule has 0 amide bonds. The summed E-state index contributed by atoms with van der Waals surface area (Å²) >= 11 is 7.08. The van der Waals surface area contributed by atoms with Crippen LogP contribution in [0.4, 0.5) is 15.3 Å². The number of nitrogens with zero attached hydrogens (tertiary/aromatic N) is 2. The lowest BCUT2D eigenvalue weighted by molar-refractivity contribution is 0.341. The molecule has 4 nitrogen and oxygen atoms in total. The molecule has 1 N–H and O–H groups in total. The maximum atomic E-state index is 13.7. The van der Waals surface area contributed by atoms with Gasteiger partial charge in [0, 0.05) is 6.20 Å². The van der Waals surface area contributed by atoms with Crippen LogP contribution in [-0.2, 0) is 0 Å². The van der Waals surface area contributed by atoms with Crippen molar-refractivity contribution in [1.82, 2.24) is 9.97 Å². The summed E-state index contributed by atoms with van der Waals surface area (Å²) < 4.78 is 20.1. The van der Waals surface area contributed by atoms with Gasteiger partial charge in [0.25, 0.3) is 0 Å². The van der Waals surface area contributed by atoms with Crippen LogP contribution >= 0.6 is 22.9 Å². The lowest BCUT2D eigenvalue weighted by Crippen LogP contribution is -1.96. The predicted octanol–water partition coefficient (Wildman–Crippen LogP) is 4.63. The Hall–Kier alpha value is -1.92. The molecule has 0 spiro atoms. The highest BCUT2D eigenvalue weighted by Gasteiger charge is 2.09. The highest BCUT2D eigenvalue weighted by atomic mass is 35.5. The summed E-state index contributed by atoms with van der Waals surface area (Å²) in [6.45, 7) is 2.54. The number of rotatable bonds is 4. The lowest BCUT2D eigenvalue weighted by Gasteiger charge is -2.02. The minimum Gasteiger partial charge on any atom is -0.494 e. The first kappa shape index (κ1) is 14.0.